The molecule has 0 amide bonds. The van der Waals surface area contributed by atoms with Gasteiger partial charge in [0.15, 0.2) is 0 Å². The molecule has 6 nitrogen and oxygen atoms in total. The molecule has 0 spiro atoms. The Morgan fingerprint density at radius 1 is 1.41 bits per heavy atom. The van der Waals surface area contributed by atoms with Crippen LogP contribution in [0, 0.1) is 11.3 Å². The Hall–Kier alpha value is -2.72. The minimum absolute atomic E-state index is 0.470. The predicted molar refractivity (Wildman–Crippen MR) is 78.8 cm³/mol. The highest BCUT2D eigenvalue weighted by Gasteiger charge is 2.40. The van der Waals surface area contributed by atoms with Crippen LogP contribution in [0.1, 0.15) is 5.56 Å². The number of nitrogens with zero attached hydrogens (tertiary/aromatic N) is 4. The van der Waals surface area contributed by atoms with Crippen LogP contribution in [-0.4, -0.2) is 39.5 Å². The molecule has 3 aromatic heterocycles. The summed E-state index contributed by atoms with van der Waals surface area (Å²) in [6.45, 7) is 0.652. The fourth-order valence-electron chi connectivity index (χ4n) is 2.85. The fraction of sp³-hybridized carbons (Fsp3) is 0.267. The van der Waals surface area contributed by atoms with Crippen LogP contribution in [0.2, 0.25) is 0 Å². The maximum absolute atomic E-state index is 13.4. The van der Waals surface area contributed by atoms with E-state index < -0.39 is 12.2 Å². The van der Waals surface area contributed by atoms with Crippen LogP contribution in [0.3, 0.4) is 0 Å². The lowest BCUT2D eigenvalue weighted by Gasteiger charge is -2.40. The molecule has 0 aromatic carbocycles. The summed E-state index contributed by atoms with van der Waals surface area (Å²) in [5, 5.41) is 17.6. The first-order valence-corrected chi connectivity index (χ1v) is 6.96. The molecule has 0 unspecified atom stereocenters. The number of nitrogens with one attached hydrogen (secondary N) is 2. The van der Waals surface area contributed by atoms with E-state index >= 15 is 0 Å². The van der Waals surface area contributed by atoms with Crippen LogP contribution in [0.15, 0.2) is 30.9 Å². The molecule has 2 N–H and O–H groups in total. The van der Waals surface area contributed by atoms with Crippen LogP contribution in [-0.2, 0) is 5.54 Å². The van der Waals surface area contributed by atoms with Crippen molar-refractivity contribution in [1.29, 1.82) is 5.26 Å². The first-order chi connectivity index (χ1) is 10.8. The molecule has 0 saturated carbocycles. The smallest absolute Gasteiger partial charge is 0.137 e. The molecule has 7 heteroatoms. The normalized spacial score (nSPS) is 16.4. The number of halogens is 1. The topological polar surface area (TPSA) is 82.3 Å². The summed E-state index contributed by atoms with van der Waals surface area (Å²) >= 11 is 0. The van der Waals surface area contributed by atoms with Crippen LogP contribution in [0.5, 0.6) is 0 Å². The zero-order valence-electron chi connectivity index (χ0n) is 11.7. The number of aromatic nitrogens is 4. The molecule has 1 saturated heterocycles. The second-order valence-corrected chi connectivity index (χ2v) is 5.53. The molecule has 0 aliphatic carbocycles. The third kappa shape index (κ3) is 1.68. The average Bonchev–Trinajstić information content (AvgIpc) is 3.14. The number of H-pyrrole nitrogens is 1. The van der Waals surface area contributed by atoms with Crippen LogP contribution in [0.4, 0.5) is 4.39 Å². The van der Waals surface area contributed by atoms with E-state index in [4.69, 9.17) is 0 Å². The SMILES string of the molecule is N#Cc1cnc2[nH]ccc2c1-c1cnn(C2(CF)CNC2)c1. The number of rotatable bonds is 3. The number of aromatic amines is 1. The van der Waals surface area contributed by atoms with E-state index in [1.165, 1.54) is 0 Å². The Labute approximate surface area is 125 Å². The molecular formula is C15H13FN6. The molecule has 3 aromatic rings. The van der Waals surface area contributed by atoms with Gasteiger partial charge in [-0.25, -0.2) is 9.37 Å². The quantitative estimate of drug-likeness (QED) is 0.768. The monoisotopic (exact) mass is 296 g/mol. The Balaban J connectivity index is 1.88. The summed E-state index contributed by atoms with van der Waals surface area (Å²) in [6.07, 6.45) is 6.81. The van der Waals surface area contributed by atoms with E-state index in [0.717, 1.165) is 16.5 Å². The van der Waals surface area contributed by atoms with E-state index in [2.05, 4.69) is 26.5 Å². The molecule has 0 bridgehead atoms. The largest absolute Gasteiger partial charge is 0.346 e. The minimum Gasteiger partial charge on any atom is -0.346 e. The highest BCUT2D eigenvalue weighted by molar-refractivity contribution is 5.95. The average molecular weight is 296 g/mol. The van der Waals surface area contributed by atoms with E-state index in [0.29, 0.717) is 24.3 Å². The Kier molecular flexibility index (Phi) is 2.74. The van der Waals surface area contributed by atoms with Gasteiger partial charge in [-0.05, 0) is 6.07 Å². The van der Waals surface area contributed by atoms with Gasteiger partial charge >= 0.3 is 0 Å². The third-order valence-corrected chi connectivity index (χ3v) is 4.22. The van der Waals surface area contributed by atoms with Crippen LogP contribution >= 0.6 is 0 Å². The lowest BCUT2D eigenvalue weighted by Crippen LogP contribution is -2.62. The Bertz CT molecular complexity index is 877. The Morgan fingerprint density at radius 2 is 2.27 bits per heavy atom. The van der Waals surface area contributed by atoms with Gasteiger partial charge in [0, 0.05) is 48.2 Å². The van der Waals surface area contributed by atoms with Crippen molar-refractivity contribution in [3.8, 4) is 17.2 Å². The highest BCUT2D eigenvalue weighted by atomic mass is 19.1. The zero-order chi connectivity index (χ0) is 15.2. The van der Waals surface area contributed by atoms with Crippen molar-refractivity contribution in [3.63, 3.8) is 0 Å². The van der Waals surface area contributed by atoms with Gasteiger partial charge < -0.3 is 10.3 Å². The lowest BCUT2D eigenvalue weighted by atomic mass is 9.94. The van der Waals surface area contributed by atoms with Crippen molar-refractivity contribution in [2.75, 3.05) is 19.8 Å². The van der Waals surface area contributed by atoms with E-state index in [1.807, 2.05) is 12.3 Å². The number of hydrogen-bond donors (Lipinski definition) is 2. The van der Waals surface area contributed by atoms with Gasteiger partial charge in [0.2, 0.25) is 0 Å². The zero-order valence-corrected chi connectivity index (χ0v) is 11.7. The number of fused-ring (bicyclic) bond motifs is 1. The standard InChI is InChI=1S/C15H13FN6/c16-7-15(8-18-9-15)22-6-11(5-21-22)13-10(3-17)4-20-14-12(13)1-2-19-14/h1-2,4-6,18H,7-9H2,(H,19,20). The van der Waals surface area contributed by atoms with Gasteiger partial charge in [-0.2, -0.15) is 10.4 Å². The van der Waals surface area contributed by atoms with Crippen molar-refractivity contribution >= 4 is 11.0 Å². The molecule has 110 valence electrons. The van der Waals surface area contributed by atoms with Crippen molar-refractivity contribution in [3.05, 3.63) is 36.4 Å². The molecule has 0 atom stereocenters. The first-order valence-electron chi connectivity index (χ1n) is 6.96. The van der Waals surface area contributed by atoms with Gasteiger partial charge in [-0.15, -0.1) is 0 Å². The second kappa shape index (κ2) is 4.64. The van der Waals surface area contributed by atoms with Gasteiger partial charge in [0.25, 0.3) is 0 Å². The molecule has 4 rings (SSSR count). The van der Waals surface area contributed by atoms with Gasteiger partial charge in [-0.1, -0.05) is 0 Å². The molecule has 4 heterocycles. The molecule has 1 aliphatic rings. The second-order valence-electron chi connectivity index (χ2n) is 5.53. The van der Waals surface area contributed by atoms with Crippen molar-refractivity contribution in [2.45, 2.75) is 5.54 Å². The van der Waals surface area contributed by atoms with Gasteiger partial charge in [-0.3, -0.25) is 4.68 Å². The van der Waals surface area contributed by atoms with Crippen molar-refractivity contribution < 1.29 is 4.39 Å². The number of nitriles is 1. The maximum atomic E-state index is 13.4. The number of pyridine rings is 1. The van der Waals surface area contributed by atoms with E-state index in [1.54, 1.807) is 23.3 Å². The minimum atomic E-state index is -0.602. The highest BCUT2D eigenvalue weighted by Crippen LogP contribution is 2.32. The molecule has 1 fully saturated rings. The first kappa shape index (κ1) is 13.0. The number of alkyl halides is 1. The third-order valence-electron chi connectivity index (χ3n) is 4.22. The molecule has 22 heavy (non-hydrogen) atoms. The summed E-state index contributed by atoms with van der Waals surface area (Å²) in [6, 6.07) is 4.05. The lowest BCUT2D eigenvalue weighted by molar-refractivity contribution is 0.113. The van der Waals surface area contributed by atoms with E-state index in [9.17, 15) is 9.65 Å². The molecule has 0 radical (unpaired) electrons. The summed E-state index contributed by atoms with van der Waals surface area (Å²) in [7, 11) is 0. The summed E-state index contributed by atoms with van der Waals surface area (Å²) in [5.41, 5.74) is 2.17. The molecular weight excluding hydrogens is 283 g/mol. The van der Waals surface area contributed by atoms with Crippen LogP contribution in [0.25, 0.3) is 22.2 Å². The number of hydrogen-bond acceptors (Lipinski definition) is 4. The van der Waals surface area contributed by atoms with E-state index in [-0.39, 0.29) is 0 Å². The summed E-state index contributed by atoms with van der Waals surface area (Å²) in [5.74, 6) is 0. The van der Waals surface area contributed by atoms with Crippen LogP contribution < -0.4 is 5.32 Å². The predicted octanol–water partition coefficient (Wildman–Crippen LogP) is 1.57. The Morgan fingerprint density at radius 3 is 2.95 bits per heavy atom. The maximum Gasteiger partial charge on any atom is 0.137 e. The van der Waals surface area contributed by atoms with Gasteiger partial charge in [0.05, 0.1) is 11.8 Å². The molecule has 1 aliphatic heterocycles. The summed E-state index contributed by atoms with van der Waals surface area (Å²) in [4.78, 5) is 7.26. The van der Waals surface area contributed by atoms with Crippen molar-refractivity contribution in [2.24, 2.45) is 0 Å². The van der Waals surface area contributed by atoms with Crippen molar-refractivity contribution in [1.82, 2.24) is 25.1 Å². The fourth-order valence-corrected chi connectivity index (χ4v) is 2.85. The summed E-state index contributed by atoms with van der Waals surface area (Å²) < 4.78 is 15.0. The van der Waals surface area contributed by atoms with Gasteiger partial charge in [0.1, 0.15) is 23.9 Å².